The predicted octanol–water partition coefficient (Wildman–Crippen LogP) is 29.8. The lowest BCUT2D eigenvalue weighted by molar-refractivity contribution is 0.669. The highest BCUT2D eigenvalue weighted by molar-refractivity contribution is 6.13. The van der Waals surface area contributed by atoms with Crippen molar-refractivity contribution in [3.05, 3.63) is 513 Å². The fourth-order valence-electron chi connectivity index (χ4n) is 24.1. The quantitative estimate of drug-likeness (QED) is 0.147. The Hall–Kier alpha value is -19.1. The Morgan fingerprint density at radius 1 is 0.220 bits per heavy atom. The van der Waals surface area contributed by atoms with Crippen molar-refractivity contribution in [1.29, 1.82) is 0 Å². The summed E-state index contributed by atoms with van der Waals surface area (Å²) in [4.78, 5) is 35.3. The highest BCUT2D eigenvalue weighted by atomic mass is 16.3. The zero-order chi connectivity index (χ0) is 92.3. The molecule has 0 bridgehead atoms. The molecule has 141 heavy (non-hydrogen) atoms. The molecule has 0 aliphatic heterocycles. The van der Waals surface area contributed by atoms with Gasteiger partial charge in [0, 0.05) is 114 Å². The van der Waals surface area contributed by atoms with Gasteiger partial charge in [-0.1, -0.05) is 334 Å². The third kappa shape index (κ3) is 11.2. The Bertz CT molecular complexity index is 9860. The first kappa shape index (κ1) is 78.3. The number of benzene rings is 17. The van der Waals surface area contributed by atoms with E-state index in [1.807, 2.05) is 55.1 Å². The van der Waals surface area contributed by atoms with Crippen LogP contribution in [0.15, 0.2) is 473 Å². The molecule has 0 atom stereocenters. The van der Waals surface area contributed by atoms with Crippen LogP contribution < -0.4 is 0 Å². The summed E-state index contributed by atoms with van der Waals surface area (Å²) in [6.45, 7) is 0. The Morgan fingerprint density at radius 2 is 0.532 bits per heavy atom. The second-order valence-electron chi connectivity index (χ2n) is 37.0. The van der Waals surface area contributed by atoms with Crippen LogP contribution >= 0.6 is 0 Å². The van der Waals surface area contributed by atoms with Gasteiger partial charge in [0.2, 0.25) is 0 Å². The monoisotopic (exact) mass is 1800 g/mol. The van der Waals surface area contributed by atoms with Gasteiger partial charge in [-0.3, -0.25) is 27.5 Å². The predicted molar refractivity (Wildman–Crippen MR) is 567 cm³/mol. The summed E-state index contributed by atoms with van der Waals surface area (Å²) < 4.78 is 19.5. The van der Waals surface area contributed by atoms with E-state index in [0.29, 0.717) is 0 Å². The molecule has 17 aromatic carbocycles. The molecule has 2 spiro atoms. The van der Waals surface area contributed by atoms with Gasteiger partial charge in [0.1, 0.15) is 11.2 Å². The lowest BCUT2D eigenvalue weighted by Gasteiger charge is -2.30. The maximum atomic E-state index is 6.24. The summed E-state index contributed by atoms with van der Waals surface area (Å²) >= 11 is 0. The molecule has 11 heterocycles. The Balaban J connectivity index is 0.000000100. The summed E-state index contributed by atoms with van der Waals surface area (Å²) in [5, 5.41) is 9.35. The van der Waals surface area contributed by atoms with E-state index < -0.39 is 10.8 Å². The van der Waals surface area contributed by atoms with Crippen LogP contribution in [-0.4, -0.2) is 61.8 Å². The smallest absolute Gasteiger partial charge is 0.182 e. The molecule has 28 aromatic rings. The van der Waals surface area contributed by atoms with Crippen LogP contribution in [-0.2, 0) is 10.8 Å². The van der Waals surface area contributed by atoms with E-state index in [4.69, 9.17) is 34.3 Å². The molecule has 0 saturated carbocycles. The van der Waals surface area contributed by atoms with Gasteiger partial charge in [0.15, 0.2) is 34.4 Å². The summed E-state index contributed by atoms with van der Waals surface area (Å²) in [5.74, 6) is 2.39. The third-order valence-electron chi connectivity index (χ3n) is 30.0. The number of furan rings is 1. The summed E-state index contributed by atoms with van der Waals surface area (Å²) in [6, 6.07) is 148. The van der Waals surface area contributed by atoms with E-state index in [1.165, 1.54) is 121 Å². The molecule has 4 aliphatic rings. The van der Waals surface area contributed by atoms with Crippen molar-refractivity contribution in [2.45, 2.75) is 10.8 Å². The SMILES string of the molecule is c1ccc(-c2cnc3c(-n4c5ccccc5c5ccccc54)nc(-c4ccc5c(c4)C4(c6ccccc6-c6ccccc64)c4ccccc4-5)cn23)cc1.c1ccc2c(c1)-c1ccccc1C21c2ccccc2-c2ccc(-c3cn4ccnc4c(-n4c5ccccc5c5ccccc54)n3)cc21.c1ccc2c(c1)oc1cc(-c3cn4c(-c5ccncc5)cnc4c(-n4c5ccccc5c5ccccc54)n3)ccc12. The molecule has 11 aromatic heterocycles. The maximum absolute atomic E-state index is 6.24. The average molecular weight is 1800 g/mol. The van der Waals surface area contributed by atoms with Gasteiger partial charge in [-0.15, -0.1) is 0 Å². The molecule has 0 amide bonds. The van der Waals surface area contributed by atoms with Gasteiger partial charge in [-0.25, -0.2) is 29.9 Å². The second-order valence-corrected chi connectivity index (χ2v) is 37.0. The molecule has 14 nitrogen and oxygen atoms in total. The number of aromatic nitrogens is 13. The Morgan fingerprint density at radius 3 is 0.936 bits per heavy atom. The number of hydrogen-bond acceptors (Lipinski definition) is 8. The van der Waals surface area contributed by atoms with Gasteiger partial charge in [0.25, 0.3) is 0 Å². The summed E-state index contributed by atoms with van der Waals surface area (Å²) in [7, 11) is 0. The minimum Gasteiger partial charge on any atom is -0.456 e. The second kappa shape index (κ2) is 30.2. The molecule has 0 unspecified atom stereocenters. The number of pyridine rings is 1. The van der Waals surface area contributed by atoms with Crippen molar-refractivity contribution >= 4 is 104 Å². The fourth-order valence-corrected chi connectivity index (χ4v) is 24.1. The highest BCUT2D eigenvalue weighted by Gasteiger charge is 2.54. The van der Waals surface area contributed by atoms with Crippen molar-refractivity contribution in [2.24, 2.45) is 0 Å². The number of nitrogens with zero attached hydrogens (tertiary/aromatic N) is 13. The summed E-state index contributed by atoms with van der Waals surface area (Å²) in [6.07, 6.45) is 17.7. The van der Waals surface area contributed by atoms with Crippen LogP contribution in [0.25, 0.3) is 223 Å². The number of fused-ring (bicyclic) bond motifs is 35. The lowest BCUT2D eigenvalue weighted by atomic mass is 9.70. The minimum absolute atomic E-state index is 0.399. The van der Waals surface area contributed by atoms with Gasteiger partial charge >= 0.3 is 0 Å². The van der Waals surface area contributed by atoms with Crippen molar-refractivity contribution in [2.75, 3.05) is 0 Å². The molecule has 4 aliphatic carbocycles. The van der Waals surface area contributed by atoms with Crippen LogP contribution in [0.4, 0.5) is 0 Å². The number of imidazole rings is 3. The van der Waals surface area contributed by atoms with Gasteiger partial charge in [-0.2, -0.15) is 0 Å². The third-order valence-corrected chi connectivity index (χ3v) is 30.0. The van der Waals surface area contributed by atoms with Crippen LogP contribution in [0.1, 0.15) is 44.5 Å². The van der Waals surface area contributed by atoms with Crippen LogP contribution in [0.3, 0.4) is 0 Å². The first-order chi connectivity index (χ1) is 70.0. The van der Waals surface area contributed by atoms with Crippen LogP contribution in [0, 0.1) is 0 Å². The first-order valence-electron chi connectivity index (χ1n) is 47.8. The van der Waals surface area contributed by atoms with Gasteiger partial charge in [-0.05, 0) is 168 Å². The molecule has 0 radical (unpaired) electrons. The minimum atomic E-state index is -0.431. The standard InChI is InChI=1S/C49H30N4.C43H26N4.C35H21N5O/c1-2-14-31(15-3-1)46-29-50-47-48(53-44-24-12-7-19-37(44)38-20-8-13-25-45(38)53)51-43(30-52(46)47)32-26-27-36-35-18-6-11-23-41(35)49(42(36)28-32)39-21-9-4-16-33(39)34-17-5-10-22-40(34)49;1-6-16-34-28(11-1)29-12-2-7-17-35(29)43(34)36-18-8-3-13-30(36)31-22-21-27(25-37(31)43)38-26-46-24-23-44-41(46)42(45-38)47-39-19-9-4-14-32(39)33-15-5-10-20-40(33)47;1-4-10-29-24(7-1)25-8-2-5-11-30(25)40(29)35-34-37-20-31(22-15-17-36-18-16-22)39(34)21-28(38-35)23-13-14-27-26-9-3-6-12-32(26)41-33(27)19-23/h1-30H;1-26H;1-21H. The highest BCUT2D eigenvalue weighted by Crippen LogP contribution is 2.65. The molecular weight excluding hydrogens is 1720 g/mol. The first-order valence-corrected chi connectivity index (χ1v) is 47.8. The molecule has 0 fully saturated rings. The average Bonchev–Trinajstić information content (AvgIpc) is 1.51. The lowest BCUT2D eigenvalue weighted by Crippen LogP contribution is -2.25. The Labute approximate surface area is 806 Å². The van der Waals surface area contributed by atoms with E-state index >= 15 is 0 Å². The Kier molecular flexibility index (Phi) is 16.8. The van der Waals surface area contributed by atoms with Crippen LogP contribution in [0.5, 0.6) is 0 Å². The van der Waals surface area contributed by atoms with Crippen molar-refractivity contribution < 1.29 is 4.42 Å². The van der Waals surface area contributed by atoms with E-state index in [9.17, 15) is 0 Å². The topological polar surface area (TPSA) is 131 Å². The fraction of sp³-hybridized carbons (Fsp3) is 0.0157. The van der Waals surface area contributed by atoms with Crippen molar-refractivity contribution in [1.82, 2.24) is 61.8 Å². The van der Waals surface area contributed by atoms with E-state index in [-0.39, 0.29) is 0 Å². The molecule has 656 valence electrons. The number of para-hydroxylation sites is 7. The van der Waals surface area contributed by atoms with Gasteiger partial charge in [0.05, 0.1) is 84.8 Å². The van der Waals surface area contributed by atoms with Crippen molar-refractivity contribution in [3.8, 4) is 118 Å². The zero-order valence-electron chi connectivity index (χ0n) is 75.7. The molecule has 32 rings (SSSR count). The van der Waals surface area contributed by atoms with E-state index in [1.54, 1.807) is 12.4 Å². The van der Waals surface area contributed by atoms with E-state index in [2.05, 4.69) is 433 Å². The van der Waals surface area contributed by atoms with E-state index in [0.717, 1.165) is 146 Å². The summed E-state index contributed by atoms with van der Waals surface area (Å²) in [5.41, 5.74) is 40.7. The maximum Gasteiger partial charge on any atom is 0.182 e. The van der Waals surface area contributed by atoms with Crippen LogP contribution in [0.2, 0.25) is 0 Å². The molecule has 0 saturated heterocycles. The van der Waals surface area contributed by atoms with Crippen molar-refractivity contribution in [3.63, 3.8) is 0 Å². The largest absolute Gasteiger partial charge is 0.456 e. The molecule has 14 heteroatoms. The zero-order valence-corrected chi connectivity index (χ0v) is 75.7. The number of rotatable bonds is 8. The van der Waals surface area contributed by atoms with Gasteiger partial charge < -0.3 is 8.82 Å². The molecule has 0 N–H and O–H groups in total. The normalized spacial score (nSPS) is 13.1. The molecular formula is C127H77N13O. The number of hydrogen-bond donors (Lipinski definition) is 0.